The van der Waals surface area contributed by atoms with Gasteiger partial charge in [0.15, 0.2) is 5.75 Å². The second kappa shape index (κ2) is 10.6. The van der Waals surface area contributed by atoms with Crippen LogP contribution in [0.25, 0.3) is 0 Å². The maximum absolute atomic E-state index is 12.5. The molecule has 0 aliphatic heterocycles. The first-order valence-corrected chi connectivity index (χ1v) is 11.6. The first kappa shape index (κ1) is 25.1. The van der Waals surface area contributed by atoms with Crippen molar-refractivity contribution in [3.8, 4) is 5.75 Å². The number of allylic oxidation sites excluding steroid dienone is 3. The molecule has 0 radical (unpaired) electrons. The van der Waals surface area contributed by atoms with Gasteiger partial charge in [0.25, 0.3) is 0 Å². The zero-order valence-corrected chi connectivity index (χ0v) is 20.4. The smallest absolute Gasteiger partial charge is 0.238 e. The van der Waals surface area contributed by atoms with Crippen LogP contribution < -0.4 is 15.7 Å². The zero-order chi connectivity index (χ0) is 24.1. The summed E-state index contributed by atoms with van der Waals surface area (Å²) in [7, 11) is 1.66. The Labute approximate surface area is 196 Å². The van der Waals surface area contributed by atoms with E-state index >= 15 is 0 Å². The molecule has 4 atom stereocenters. The van der Waals surface area contributed by atoms with Gasteiger partial charge in [0, 0.05) is 24.9 Å². The molecule has 0 saturated heterocycles. The number of amides is 1. The second-order valence-electron chi connectivity index (χ2n) is 9.41. The Bertz CT molecular complexity index is 923. The van der Waals surface area contributed by atoms with Crippen LogP contribution in [0.3, 0.4) is 0 Å². The maximum Gasteiger partial charge on any atom is 0.238 e. The highest BCUT2D eigenvalue weighted by atomic mass is 16.6. The van der Waals surface area contributed by atoms with Gasteiger partial charge in [-0.3, -0.25) is 10.2 Å². The molecule has 0 spiro atoms. The monoisotopic (exact) mass is 455 g/mol. The third-order valence-corrected chi connectivity index (χ3v) is 6.97. The topological polar surface area (TPSA) is 92.2 Å². The van der Waals surface area contributed by atoms with Crippen LogP contribution in [0.15, 0.2) is 58.8 Å². The minimum atomic E-state index is -0.642. The summed E-state index contributed by atoms with van der Waals surface area (Å²) in [5.41, 5.74) is 8.02. The summed E-state index contributed by atoms with van der Waals surface area (Å²) in [4.78, 5) is 18.1. The standard InChI is InChI=1S/C26H37N3O4/c1-18(2)10-9-11-19(3)16-23(31)28-27-22-14-15-25(17-30)24(26(22,25)32-5)20(4)29-33-21-12-7-6-8-13-21/h6-8,10-13,22,24,27,30H,9,14-17H2,1-5H3,(H,28,31)/b19-11+,29-20+/t22?,24-,25?,26+/m1/s1. The van der Waals surface area contributed by atoms with Crippen LogP contribution >= 0.6 is 0 Å². The molecule has 2 unspecified atom stereocenters. The first-order valence-electron chi connectivity index (χ1n) is 11.6. The van der Waals surface area contributed by atoms with E-state index in [-0.39, 0.29) is 24.5 Å². The van der Waals surface area contributed by atoms with Crippen LogP contribution in [0, 0.1) is 11.3 Å². The van der Waals surface area contributed by atoms with Gasteiger partial charge >= 0.3 is 0 Å². The third kappa shape index (κ3) is 5.05. The molecule has 2 aliphatic rings. The number of nitrogens with zero attached hydrogens (tertiary/aromatic N) is 1. The fraction of sp³-hybridized carbons (Fsp3) is 0.538. The molecular formula is C26H37N3O4. The molecule has 0 bridgehead atoms. The Morgan fingerprint density at radius 2 is 1.94 bits per heavy atom. The third-order valence-electron chi connectivity index (χ3n) is 6.97. The summed E-state index contributed by atoms with van der Waals surface area (Å²) in [6.45, 7) is 7.98. The number of hydrazine groups is 1. The number of ether oxygens (including phenoxy) is 1. The molecular weight excluding hydrogens is 418 g/mol. The normalized spacial score (nSPS) is 28.8. The molecule has 7 heteroatoms. The lowest BCUT2D eigenvalue weighted by molar-refractivity contribution is -0.122. The van der Waals surface area contributed by atoms with Gasteiger partial charge < -0.3 is 14.7 Å². The number of hydrogen-bond acceptors (Lipinski definition) is 6. The van der Waals surface area contributed by atoms with E-state index in [0.29, 0.717) is 12.2 Å². The van der Waals surface area contributed by atoms with Crippen LogP contribution in [-0.2, 0) is 9.53 Å². The molecule has 0 aromatic heterocycles. The van der Waals surface area contributed by atoms with E-state index in [0.717, 1.165) is 30.5 Å². The van der Waals surface area contributed by atoms with Crippen molar-refractivity contribution >= 4 is 11.6 Å². The van der Waals surface area contributed by atoms with E-state index in [2.05, 4.69) is 42.0 Å². The Hall–Kier alpha value is -2.48. The summed E-state index contributed by atoms with van der Waals surface area (Å²) >= 11 is 0. The number of aliphatic hydroxyl groups excluding tert-OH is 1. The summed E-state index contributed by atoms with van der Waals surface area (Å²) in [6.07, 6.45) is 6.92. The number of para-hydroxylation sites is 1. The fourth-order valence-corrected chi connectivity index (χ4v) is 5.43. The molecule has 3 rings (SSSR count). The largest absolute Gasteiger partial charge is 0.396 e. The van der Waals surface area contributed by atoms with Crippen molar-refractivity contribution in [3.05, 3.63) is 53.6 Å². The van der Waals surface area contributed by atoms with E-state index in [1.54, 1.807) is 7.11 Å². The lowest BCUT2D eigenvalue weighted by Gasteiger charge is -2.26. The molecule has 33 heavy (non-hydrogen) atoms. The van der Waals surface area contributed by atoms with Crippen molar-refractivity contribution in [3.63, 3.8) is 0 Å². The number of rotatable bonds is 11. The summed E-state index contributed by atoms with van der Waals surface area (Å²) in [5.74, 6) is 0.461. The van der Waals surface area contributed by atoms with Gasteiger partial charge in [-0.05, 0) is 59.1 Å². The number of hydrogen-bond donors (Lipinski definition) is 3. The molecule has 1 aromatic carbocycles. The van der Waals surface area contributed by atoms with Crippen molar-refractivity contribution < 1.29 is 19.5 Å². The van der Waals surface area contributed by atoms with Crippen LogP contribution in [0.1, 0.15) is 53.4 Å². The van der Waals surface area contributed by atoms with E-state index in [4.69, 9.17) is 9.57 Å². The average Bonchev–Trinajstić information content (AvgIpc) is 3.27. The van der Waals surface area contributed by atoms with Crippen molar-refractivity contribution in [1.29, 1.82) is 0 Å². The number of methoxy groups -OCH3 is 1. The zero-order valence-electron chi connectivity index (χ0n) is 20.4. The van der Waals surface area contributed by atoms with Crippen LogP contribution in [0.5, 0.6) is 5.75 Å². The Balaban J connectivity index is 1.63. The SMILES string of the molecule is CO[C@]12C(NNC(=O)C/C(C)=C/CC=C(C)C)CCC1(CO)[C@H]2/C(C)=N/Oc1ccccc1. The summed E-state index contributed by atoms with van der Waals surface area (Å²) in [6, 6.07) is 9.24. The van der Waals surface area contributed by atoms with Crippen molar-refractivity contribution in [2.24, 2.45) is 16.5 Å². The highest BCUT2D eigenvalue weighted by Gasteiger charge is 2.83. The highest BCUT2D eigenvalue weighted by Crippen LogP contribution is 2.73. The van der Waals surface area contributed by atoms with E-state index < -0.39 is 11.0 Å². The molecule has 2 aliphatic carbocycles. The molecule has 1 aromatic rings. The van der Waals surface area contributed by atoms with Gasteiger partial charge in [-0.2, -0.15) is 0 Å². The minimum absolute atomic E-state index is 0.0119. The van der Waals surface area contributed by atoms with E-state index in [1.165, 1.54) is 5.57 Å². The van der Waals surface area contributed by atoms with Gasteiger partial charge in [0.2, 0.25) is 5.91 Å². The highest BCUT2D eigenvalue weighted by molar-refractivity contribution is 5.91. The maximum atomic E-state index is 12.5. The lowest BCUT2D eigenvalue weighted by Crippen LogP contribution is -2.52. The Kier molecular flexibility index (Phi) is 8.10. The van der Waals surface area contributed by atoms with Crippen molar-refractivity contribution in [1.82, 2.24) is 10.9 Å². The molecule has 2 saturated carbocycles. The van der Waals surface area contributed by atoms with Gasteiger partial charge in [0.05, 0.1) is 18.4 Å². The van der Waals surface area contributed by atoms with E-state index in [1.807, 2.05) is 44.2 Å². The Morgan fingerprint density at radius 1 is 1.21 bits per heavy atom. The van der Waals surface area contributed by atoms with Crippen molar-refractivity contribution in [2.75, 3.05) is 13.7 Å². The predicted molar refractivity (Wildman–Crippen MR) is 130 cm³/mol. The summed E-state index contributed by atoms with van der Waals surface area (Å²) < 4.78 is 6.03. The molecule has 0 heterocycles. The van der Waals surface area contributed by atoms with Gasteiger partial charge in [-0.25, -0.2) is 5.43 Å². The first-order chi connectivity index (χ1) is 15.8. The molecule has 180 valence electrons. The van der Waals surface area contributed by atoms with Gasteiger partial charge in [0.1, 0.15) is 5.60 Å². The lowest BCUT2D eigenvalue weighted by atomic mass is 9.98. The van der Waals surface area contributed by atoms with E-state index in [9.17, 15) is 9.90 Å². The number of benzene rings is 1. The molecule has 2 fully saturated rings. The molecule has 1 amide bonds. The number of nitrogens with one attached hydrogen (secondary N) is 2. The number of oxime groups is 1. The number of carbonyl (C=O) groups is 1. The average molecular weight is 456 g/mol. The summed E-state index contributed by atoms with van der Waals surface area (Å²) in [5, 5.41) is 14.6. The minimum Gasteiger partial charge on any atom is -0.396 e. The van der Waals surface area contributed by atoms with Crippen molar-refractivity contribution in [2.45, 2.75) is 65.0 Å². The second-order valence-corrected chi connectivity index (χ2v) is 9.41. The number of fused-ring (bicyclic) bond motifs is 1. The fourth-order valence-electron chi connectivity index (χ4n) is 5.43. The Morgan fingerprint density at radius 3 is 2.58 bits per heavy atom. The number of carbonyl (C=O) groups excluding carboxylic acids is 1. The van der Waals surface area contributed by atoms with Gasteiger partial charge in [-0.1, -0.05) is 46.7 Å². The predicted octanol–water partition coefficient (Wildman–Crippen LogP) is 3.91. The van der Waals surface area contributed by atoms with Crippen LogP contribution in [0.2, 0.25) is 0 Å². The quantitative estimate of drug-likeness (QED) is 0.267. The van der Waals surface area contributed by atoms with Crippen LogP contribution in [0.4, 0.5) is 0 Å². The number of aliphatic hydroxyl groups is 1. The van der Waals surface area contributed by atoms with Gasteiger partial charge in [-0.15, -0.1) is 0 Å². The van der Waals surface area contributed by atoms with Crippen LogP contribution in [-0.4, -0.2) is 42.1 Å². The molecule has 7 nitrogen and oxygen atoms in total. The molecule has 3 N–H and O–H groups in total.